The highest BCUT2D eigenvalue weighted by Crippen LogP contribution is 2.33. The zero-order valence-electron chi connectivity index (χ0n) is 16.0. The summed E-state index contributed by atoms with van der Waals surface area (Å²) in [5.74, 6) is 1.42. The summed E-state index contributed by atoms with van der Waals surface area (Å²) in [5, 5.41) is 2.78. The lowest BCUT2D eigenvalue weighted by Gasteiger charge is -2.26. The lowest BCUT2D eigenvalue weighted by Crippen LogP contribution is -2.35. The van der Waals surface area contributed by atoms with E-state index in [-0.39, 0.29) is 18.4 Å². The maximum Gasteiger partial charge on any atom is 0.264 e. The first-order chi connectivity index (χ1) is 13.5. The van der Waals surface area contributed by atoms with Crippen molar-refractivity contribution >= 4 is 29.3 Å². The zero-order valence-corrected chi connectivity index (χ0v) is 16.0. The van der Waals surface area contributed by atoms with Crippen LogP contribution in [0.3, 0.4) is 0 Å². The molecule has 1 aliphatic rings. The van der Waals surface area contributed by atoms with Crippen molar-refractivity contribution < 1.29 is 23.8 Å². The highest BCUT2D eigenvalue weighted by molar-refractivity contribution is 6.03. The molecule has 1 aliphatic heterocycles. The summed E-state index contributed by atoms with van der Waals surface area (Å²) in [5.41, 5.74) is 2.07. The minimum atomic E-state index is -0.284. The lowest BCUT2D eigenvalue weighted by molar-refractivity contribution is -0.121. The number of benzene rings is 2. The average molecular weight is 382 g/mol. The average Bonchev–Trinajstić information content (AvgIpc) is 2.70. The predicted octanol–water partition coefficient (Wildman–Crippen LogP) is 3.10. The Balaban J connectivity index is 1.68. The standard InChI is InChI=1S/C21H22N2O5/c1-4-27-17-9-5-14(11-19(17)26-3)6-10-20(24)22-15-7-8-16-18(12-15)28-13-21(25)23(16)2/h5-12H,4,13H2,1-3H3,(H,22,24)/b10-6+. The van der Waals surface area contributed by atoms with Gasteiger partial charge >= 0.3 is 0 Å². The Morgan fingerprint density at radius 2 is 2.07 bits per heavy atom. The summed E-state index contributed by atoms with van der Waals surface area (Å²) in [6.07, 6.45) is 3.13. The molecule has 2 aromatic carbocycles. The Bertz CT molecular complexity index is 923. The highest BCUT2D eigenvalue weighted by Gasteiger charge is 2.22. The molecule has 0 spiro atoms. The number of hydrogen-bond donors (Lipinski definition) is 1. The second kappa shape index (κ2) is 8.47. The van der Waals surface area contributed by atoms with E-state index in [0.29, 0.717) is 35.2 Å². The summed E-state index contributed by atoms with van der Waals surface area (Å²) in [6.45, 7) is 2.43. The van der Waals surface area contributed by atoms with Crippen molar-refractivity contribution in [3.05, 3.63) is 48.0 Å². The third kappa shape index (κ3) is 4.25. The molecule has 7 heteroatoms. The maximum atomic E-state index is 12.2. The predicted molar refractivity (Wildman–Crippen MR) is 107 cm³/mol. The Kier molecular flexibility index (Phi) is 5.84. The molecule has 0 radical (unpaired) electrons. The van der Waals surface area contributed by atoms with Gasteiger partial charge in [-0.2, -0.15) is 0 Å². The number of methoxy groups -OCH3 is 1. The first-order valence-electron chi connectivity index (χ1n) is 8.85. The Morgan fingerprint density at radius 3 is 2.82 bits per heavy atom. The molecule has 0 aromatic heterocycles. The number of fused-ring (bicyclic) bond motifs is 1. The van der Waals surface area contributed by atoms with Gasteiger partial charge in [0.05, 0.1) is 19.4 Å². The SMILES string of the molecule is CCOc1ccc(/C=C/C(=O)Nc2ccc3c(c2)OCC(=O)N3C)cc1OC. The van der Waals surface area contributed by atoms with E-state index in [0.717, 1.165) is 5.56 Å². The van der Waals surface area contributed by atoms with Crippen LogP contribution in [0.2, 0.25) is 0 Å². The number of likely N-dealkylation sites (N-methyl/N-ethyl adjacent to an activating group) is 1. The van der Waals surface area contributed by atoms with Gasteiger partial charge in [0.2, 0.25) is 5.91 Å². The van der Waals surface area contributed by atoms with Crippen LogP contribution in [0, 0.1) is 0 Å². The minimum absolute atomic E-state index is 0.0135. The van der Waals surface area contributed by atoms with Crippen LogP contribution in [0.5, 0.6) is 17.2 Å². The summed E-state index contributed by atoms with van der Waals surface area (Å²) in [7, 11) is 3.26. The van der Waals surface area contributed by atoms with Gasteiger partial charge in [0.25, 0.3) is 5.91 Å². The van der Waals surface area contributed by atoms with Crippen LogP contribution in [-0.2, 0) is 9.59 Å². The molecule has 0 atom stereocenters. The molecule has 3 rings (SSSR count). The zero-order chi connectivity index (χ0) is 20.1. The van der Waals surface area contributed by atoms with Gasteiger partial charge in [-0.15, -0.1) is 0 Å². The van der Waals surface area contributed by atoms with Crippen LogP contribution in [-0.4, -0.2) is 39.2 Å². The molecule has 0 bridgehead atoms. The largest absolute Gasteiger partial charge is 0.493 e. The van der Waals surface area contributed by atoms with Crippen LogP contribution < -0.4 is 24.4 Å². The second-order valence-electron chi connectivity index (χ2n) is 6.09. The number of rotatable bonds is 6. The Labute approximate surface area is 163 Å². The van der Waals surface area contributed by atoms with E-state index in [1.165, 1.54) is 11.0 Å². The quantitative estimate of drug-likeness (QED) is 0.777. The Morgan fingerprint density at radius 1 is 1.25 bits per heavy atom. The normalized spacial score (nSPS) is 13.1. The van der Waals surface area contributed by atoms with Crippen LogP contribution >= 0.6 is 0 Å². The number of hydrogen-bond acceptors (Lipinski definition) is 5. The molecule has 1 N–H and O–H groups in total. The molecule has 28 heavy (non-hydrogen) atoms. The molecule has 0 fully saturated rings. The fraction of sp³-hybridized carbons (Fsp3) is 0.238. The molecule has 0 unspecified atom stereocenters. The van der Waals surface area contributed by atoms with Crippen LogP contribution in [0.4, 0.5) is 11.4 Å². The van der Waals surface area contributed by atoms with Crippen molar-refractivity contribution in [2.75, 3.05) is 37.6 Å². The van der Waals surface area contributed by atoms with Crippen molar-refractivity contribution in [1.29, 1.82) is 0 Å². The smallest absolute Gasteiger partial charge is 0.264 e. The van der Waals surface area contributed by atoms with E-state index in [9.17, 15) is 9.59 Å². The molecule has 146 valence electrons. The molecule has 0 saturated heterocycles. The number of nitrogens with one attached hydrogen (secondary N) is 1. The maximum absolute atomic E-state index is 12.2. The van der Waals surface area contributed by atoms with Crippen molar-refractivity contribution in [2.45, 2.75) is 6.92 Å². The van der Waals surface area contributed by atoms with Gasteiger partial charge in [-0.1, -0.05) is 6.07 Å². The van der Waals surface area contributed by atoms with Crippen LogP contribution in [0.1, 0.15) is 12.5 Å². The number of carbonyl (C=O) groups is 2. The highest BCUT2D eigenvalue weighted by atomic mass is 16.5. The number of ether oxygens (including phenoxy) is 3. The molecule has 0 aliphatic carbocycles. The van der Waals surface area contributed by atoms with Crippen LogP contribution in [0.25, 0.3) is 6.08 Å². The monoisotopic (exact) mass is 382 g/mol. The van der Waals surface area contributed by atoms with E-state index in [2.05, 4.69) is 5.32 Å². The van der Waals surface area contributed by atoms with E-state index in [1.54, 1.807) is 50.6 Å². The van der Waals surface area contributed by atoms with Crippen molar-refractivity contribution in [3.63, 3.8) is 0 Å². The van der Waals surface area contributed by atoms with E-state index < -0.39 is 0 Å². The molecule has 2 amide bonds. The lowest BCUT2D eigenvalue weighted by atomic mass is 10.2. The number of anilines is 2. The number of amides is 2. The summed E-state index contributed by atoms with van der Waals surface area (Å²) < 4.78 is 16.2. The third-order valence-electron chi connectivity index (χ3n) is 4.23. The van der Waals surface area contributed by atoms with Crippen LogP contribution in [0.15, 0.2) is 42.5 Å². The van der Waals surface area contributed by atoms with Crippen molar-refractivity contribution in [3.8, 4) is 17.2 Å². The van der Waals surface area contributed by atoms with Gasteiger partial charge in [0, 0.05) is 24.9 Å². The van der Waals surface area contributed by atoms with Gasteiger partial charge in [-0.3, -0.25) is 9.59 Å². The van der Waals surface area contributed by atoms with Gasteiger partial charge in [0.15, 0.2) is 18.1 Å². The third-order valence-corrected chi connectivity index (χ3v) is 4.23. The summed E-state index contributed by atoms with van der Waals surface area (Å²) in [4.78, 5) is 25.4. The fourth-order valence-electron chi connectivity index (χ4n) is 2.77. The topological polar surface area (TPSA) is 77.1 Å². The molecule has 0 saturated carbocycles. The summed E-state index contributed by atoms with van der Waals surface area (Å²) >= 11 is 0. The molecule has 2 aromatic rings. The van der Waals surface area contributed by atoms with Gasteiger partial charge < -0.3 is 24.4 Å². The second-order valence-corrected chi connectivity index (χ2v) is 6.09. The summed E-state index contributed by atoms with van der Waals surface area (Å²) in [6, 6.07) is 10.6. The van der Waals surface area contributed by atoms with E-state index >= 15 is 0 Å². The first-order valence-corrected chi connectivity index (χ1v) is 8.85. The van der Waals surface area contributed by atoms with Gasteiger partial charge in [-0.25, -0.2) is 0 Å². The fourth-order valence-corrected chi connectivity index (χ4v) is 2.77. The van der Waals surface area contributed by atoms with E-state index in [4.69, 9.17) is 14.2 Å². The van der Waals surface area contributed by atoms with Crippen molar-refractivity contribution in [1.82, 2.24) is 0 Å². The van der Waals surface area contributed by atoms with Gasteiger partial charge in [0.1, 0.15) is 5.75 Å². The number of carbonyl (C=O) groups excluding carboxylic acids is 2. The molecular formula is C21H22N2O5. The Hall–Kier alpha value is -3.48. The number of nitrogens with zero attached hydrogens (tertiary/aromatic N) is 1. The molecule has 1 heterocycles. The molecule has 7 nitrogen and oxygen atoms in total. The van der Waals surface area contributed by atoms with E-state index in [1.807, 2.05) is 13.0 Å². The van der Waals surface area contributed by atoms with Crippen molar-refractivity contribution in [2.24, 2.45) is 0 Å². The molecular weight excluding hydrogens is 360 g/mol. The first kappa shape index (κ1) is 19.3. The minimum Gasteiger partial charge on any atom is -0.493 e. The van der Waals surface area contributed by atoms with Gasteiger partial charge in [-0.05, 0) is 42.8 Å².